The molecule has 7 nitrogen and oxygen atoms in total. The van der Waals surface area contributed by atoms with E-state index >= 15 is 0 Å². The van der Waals surface area contributed by atoms with Crippen molar-refractivity contribution in [3.05, 3.63) is 26.6 Å². The Bertz CT molecular complexity index is 960. The van der Waals surface area contributed by atoms with Crippen molar-refractivity contribution < 1.29 is 14.3 Å². The average molecular weight is 406 g/mol. The molecule has 0 unspecified atom stereocenters. The maximum Gasteiger partial charge on any atom is 0.349 e. The molecule has 28 heavy (non-hydrogen) atoms. The van der Waals surface area contributed by atoms with Crippen LogP contribution in [0.15, 0.2) is 4.79 Å². The summed E-state index contributed by atoms with van der Waals surface area (Å²) >= 11 is 1.17. The van der Waals surface area contributed by atoms with Gasteiger partial charge in [-0.05, 0) is 38.2 Å². The van der Waals surface area contributed by atoms with Crippen molar-refractivity contribution in [2.75, 3.05) is 6.61 Å². The molecule has 1 amide bonds. The third-order valence-electron chi connectivity index (χ3n) is 5.32. The molecule has 2 aromatic rings. The lowest BCUT2D eigenvalue weighted by atomic mass is 10.1. The van der Waals surface area contributed by atoms with E-state index in [0.29, 0.717) is 33.1 Å². The summed E-state index contributed by atoms with van der Waals surface area (Å²) in [5, 5.41) is 3.29. The van der Waals surface area contributed by atoms with E-state index in [4.69, 9.17) is 4.74 Å². The molecule has 3 heterocycles. The van der Waals surface area contributed by atoms with Crippen molar-refractivity contribution in [3.8, 4) is 0 Å². The van der Waals surface area contributed by atoms with E-state index < -0.39 is 5.97 Å². The van der Waals surface area contributed by atoms with Gasteiger partial charge in [0, 0.05) is 19.0 Å². The van der Waals surface area contributed by atoms with E-state index in [1.807, 2.05) is 20.8 Å². The summed E-state index contributed by atoms with van der Waals surface area (Å²) in [6.45, 7) is 7.98. The molecule has 1 N–H and O–H groups in total. The van der Waals surface area contributed by atoms with Crippen molar-refractivity contribution in [1.29, 1.82) is 0 Å². The minimum absolute atomic E-state index is 0.00286. The van der Waals surface area contributed by atoms with Gasteiger partial charge >= 0.3 is 5.97 Å². The Morgan fingerprint density at radius 1 is 1.25 bits per heavy atom. The number of nitrogens with one attached hydrogen (secondary N) is 1. The number of nitrogens with zero attached hydrogens (tertiary/aromatic N) is 2. The lowest BCUT2D eigenvalue weighted by Crippen LogP contribution is -2.38. The Balaban J connectivity index is 1.81. The van der Waals surface area contributed by atoms with Gasteiger partial charge in [0.05, 0.1) is 5.39 Å². The third kappa shape index (κ3) is 4.11. The second kappa shape index (κ2) is 8.43. The van der Waals surface area contributed by atoms with Gasteiger partial charge in [-0.25, -0.2) is 9.78 Å². The van der Waals surface area contributed by atoms with Gasteiger partial charge in [0.15, 0.2) is 6.61 Å². The molecule has 1 aliphatic heterocycles. The van der Waals surface area contributed by atoms with Gasteiger partial charge in [-0.1, -0.05) is 20.3 Å². The second-order valence-corrected chi connectivity index (χ2v) is 8.71. The van der Waals surface area contributed by atoms with E-state index in [2.05, 4.69) is 10.3 Å². The second-order valence-electron chi connectivity index (χ2n) is 7.71. The van der Waals surface area contributed by atoms with Crippen molar-refractivity contribution in [2.24, 2.45) is 5.92 Å². The van der Waals surface area contributed by atoms with E-state index in [1.54, 1.807) is 11.5 Å². The molecule has 0 spiro atoms. The Morgan fingerprint density at radius 2 is 2.00 bits per heavy atom. The van der Waals surface area contributed by atoms with Crippen LogP contribution in [0.1, 0.15) is 61.1 Å². The summed E-state index contributed by atoms with van der Waals surface area (Å²) in [6, 6.07) is -0.00286. The first-order valence-electron chi connectivity index (χ1n) is 9.79. The lowest BCUT2D eigenvalue weighted by molar-refractivity contribution is -0.125. The number of thiophene rings is 1. The predicted octanol–water partition coefficient (Wildman–Crippen LogP) is 2.81. The van der Waals surface area contributed by atoms with E-state index in [-0.39, 0.29) is 24.1 Å². The zero-order valence-corrected chi connectivity index (χ0v) is 17.6. The van der Waals surface area contributed by atoms with Gasteiger partial charge in [-0.2, -0.15) is 0 Å². The van der Waals surface area contributed by atoms with Crippen LogP contribution >= 0.6 is 11.3 Å². The van der Waals surface area contributed by atoms with Crippen LogP contribution in [0.5, 0.6) is 0 Å². The first-order valence-corrected chi connectivity index (χ1v) is 10.6. The average Bonchev–Trinajstić information content (AvgIpc) is 2.81. The molecule has 0 bridgehead atoms. The molecule has 0 aromatic carbocycles. The molecule has 0 saturated heterocycles. The minimum Gasteiger partial charge on any atom is -0.451 e. The van der Waals surface area contributed by atoms with Gasteiger partial charge in [-0.3, -0.25) is 14.2 Å². The summed E-state index contributed by atoms with van der Waals surface area (Å²) < 4.78 is 6.93. The predicted molar refractivity (Wildman–Crippen MR) is 109 cm³/mol. The van der Waals surface area contributed by atoms with Crippen molar-refractivity contribution in [2.45, 2.75) is 66.0 Å². The third-order valence-corrected chi connectivity index (χ3v) is 6.49. The summed E-state index contributed by atoms with van der Waals surface area (Å²) in [7, 11) is 0. The van der Waals surface area contributed by atoms with E-state index in [9.17, 15) is 14.4 Å². The van der Waals surface area contributed by atoms with Crippen LogP contribution in [0.2, 0.25) is 0 Å². The number of carbonyl (C=O) groups is 2. The quantitative estimate of drug-likeness (QED) is 0.773. The normalized spacial score (nSPS) is 15.2. The Morgan fingerprint density at radius 3 is 2.71 bits per heavy atom. The number of carbonyl (C=O) groups excluding carboxylic acids is 2. The maximum atomic E-state index is 12.9. The highest BCUT2D eigenvalue weighted by atomic mass is 32.1. The standard InChI is InChI=1S/C20H27N3O4S/c1-11(2)13(4)21-15(24)10-27-20(26)17-12(3)16-18(28-17)22-14-8-6-5-7-9-23(14)19(16)25/h11,13H,5-10H2,1-4H3,(H,21,24)/t13-/m1/s1. The number of ether oxygens (including phenoxy) is 1. The topological polar surface area (TPSA) is 90.3 Å². The molecule has 0 aliphatic carbocycles. The Labute approximate surface area is 168 Å². The number of amides is 1. The highest BCUT2D eigenvalue weighted by molar-refractivity contribution is 7.20. The van der Waals surface area contributed by atoms with Gasteiger partial charge in [0.2, 0.25) is 0 Å². The fourth-order valence-corrected chi connectivity index (χ4v) is 4.35. The summed E-state index contributed by atoms with van der Waals surface area (Å²) in [6.07, 6.45) is 3.84. The Kier molecular flexibility index (Phi) is 6.17. The van der Waals surface area contributed by atoms with Gasteiger partial charge in [-0.15, -0.1) is 11.3 Å². The van der Waals surface area contributed by atoms with E-state index in [0.717, 1.165) is 31.5 Å². The van der Waals surface area contributed by atoms with Crippen molar-refractivity contribution in [3.63, 3.8) is 0 Å². The summed E-state index contributed by atoms with van der Waals surface area (Å²) in [4.78, 5) is 43.0. The Hall–Kier alpha value is -2.22. The molecule has 0 radical (unpaired) electrons. The van der Waals surface area contributed by atoms with Crippen LogP contribution < -0.4 is 10.9 Å². The maximum absolute atomic E-state index is 12.9. The largest absolute Gasteiger partial charge is 0.451 e. The molecule has 1 atom stereocenters. The fraction of sp³-hybridized carbons (Fsp3) is 0.600. The highest BCUT2D eigenvalue weighted by Gasteiger charge is 2.23. The van der Waals surface area contributed by atoms with E-state index in [1.165, 1.54) is 11.3 Å². The van der Waals surface area contributed by atoms with Crippen LogP contribution in [-0.4, -0.2) is 34.1 Å². The van der Waals surface area contributed by atoms with Crippen molar-refractivity contribution >= 4 is 33.4 Å². The molecule has 0 fully saturated rings. The minimum atomic E-state index is -0.590. The van der Waals surface area contributed by atoms with Crippen LogP contribution in [-0.2, 0) is 22.5 Å². The molecule has 152 valence electrons. The van der Waals surface area contributed by atoms with Gasteiger partial charge < -0.3 is 10.1 Å². The fourth-order valence-electron chi connectivity index (χ4n) is 3.26. The zero-order valence-electron chi connectivity index (χ0n) is 16.8. The molecule has 2 aromatic heterocycles. The lowest BCUT2D eigenvalue weighted by Gasteiger charge is -2.17. The zero-order chi connectivity index (χ0) is 20.4. The van der Waals surface area contributed by atoms with Crippen LogP contribution in [0, 0.1) is 12.8 Å². The molecule has 8 heteroatoms. The molecule has 3 rings (SSSR count). The van der Waals surface area contributed by atoms with Gasteiger partial charge in [0.1, 0.15) is 15.5 Å². The SMILES string of the molecule is Cc1c(C(=O)OCC(=O)N[C@H](C)C(C)C)sc2nc3n(c(=O)c12)CCCCC3. The number of hydrogen-bond donors (Lipinski definition) is 1. The summed E-state index contributed by atoms with van der Waals surface area (Å²) in [5.74, 6) is 0.155. The first-order chi connectivity index (χ1) is 13.3. The molecule has 0 saturated carbocycles. The first kappa shape index (κ1) is 20.5. The van der Waals surface area contributed by atoms with Crippen molar-refractivity contribution in [1.82, 2.24) is 14.9 Å². The monoisotopic (exact) mass is 405 g/mol. The smallest absolute Gasteiger partial charge is 0.349 e. The summed E-state index contributed by atoms with van der Waals surface area (Å²) in [5.41, 5.74) is 0.496. The number of hydrogen-bond acceptors (Lipinski definition) is 6. The number of aromatic nitrogens is 2. The number of fused-ring (bicyclic) bond motifs is 2. The van der Waals surface area contributed by atoms with Crippen LogP contribution in [0.3, 0.4) is 0 Å². The van der Waals surface area contributed by atoms with Crippen LogP contribution in [0.4, 0.5) is 0 Å². The number of esters is 1. The van der Waals surface area contributed by atoms with Crippen LogP contribution in [0.25, 0.3) is 10.2 Å². The number of rotatable bonds is 5. The highest BCUT2D eigenvalue weighted by Crippen LogP contribution is 2.29. The molecular formula is C20H27N3O4S. The number of aryl methyl sites for hydroxylation is 2. The molecular weight excluding hydrogens is 378 g/mol. The molecule has 1 aliphatic rings. The van der Waals surface area contributed by atoms with Gasteiger partial charge in [0.25, 0.3) is 11.5 Å².